The van der Waals surface area contributed by atoms with Crippen LogP contribution < -0.4 is 10.6 Å². The first kappa shape index (κ1) is 27.4. The summed E-state index contributed by atoms with van der Waals surface area (Å²) < 4.78 is 0. The first-order chi connectivity index (χ1) is 18.7. The normalized spacial score (nSPS) is 26.0. The van der Waals surface area contributed by atoms with Gasteiger partial charge in [0.25, 0.3) is 5.91 Å². The maximum atomic E-state index is 14.0. The lowest BCUT2D eigenvalue weighted by atomic mass is 9.58. The number of allylic oxidation sites excluding steroid dienone is 1. The van der Waals surface area contributed by atoms with Gasteiger partial charge in [-0.1, -0.05) is 12.1 Å². The third kappa shape index (κ3) is 3.66. The highest BCUT2D eigenvalue weighted by Gasteiger charge is 2.63. The third-order valence-corrected chi connectivity index (χ3v) is 8.61. The number of Topliss-reactive ketones (excluding diaryl/α,β-unsaturated/α-hetero) is 2. The fraction of sp³-hybridized carbons (Fsp3) is 0.367. The van der Waals surface area contributed by atoms with Gasteiger partial charge in [-0.3, -0.25) is 19.3 Å². The van der Waals surface area contributed by atoms with Crippen molar-refractivity contribution in [1.82, 2.24) is 4.90 Å². The molecule has 0 aliphatic heterocycles. The van der Waals surface area contributed by atoms with Crippen molar-refractivity contribution in [1.29, 1.82) is 0 Å². The number of hydrogen-bond donors (Lipinski definition) is 5. The first-order valence-corrected chi connectivity index (χ1v) is 13.0. The molecule has 0 saturated heterocycles. The number of aromatic hydroxyl groups is 1. The van der Waals surface area contributed by atoms with Gasteiger partial charge in [-0.25, -0.2) is 0 Å². The molecule has 0 spiro atoms. The Bertz CT molecular complexity index is 1540. The molecule has 0 radical (unpaired) electrons. The molecular weight excluding hydrogens is 514 g/mol. The van der Waals surface area contributed by atoms with Crippen molar-refractivity contribution in [3.8, 4) is 16.9 Å². The Morgan fingerprint density at radius 2 is 1.68 bits per heavy atom. The summed E-state index contributed by atoms with van der Waals surface area (Å²) in [6.45, 7) is 1.67. The van der Waals surface area contributed by atoms with Crippen LogP contribution in [-0.2, 0) is 16.0 Å². The van der Waals surface area contributed by atoms with Gasteiger partial charge in [0.2, 0.25) is 5.78 Å². The second-order valence-corrected chi connectivity index (χ2v) is 11.3. The molecule has 0 fully saturated rings. The van der Waals surface area contributed by atoms with Crippen molar-refractivity contribution < 1.29 is 34.8 Å². The summed E-state index contributed by atoms with van der Waals surface area (Å²) in [4.78, 5) is 43.1. The highest BCUT2D eigenvalue weighted by atomic mass is 16.3. The zero-order valence-electron chi connectivity index (χ0n) is 23.0. The fourth-order valence-electron chi connectivity index (χ4n) is 6.65. The number of phenols is 1. The molecule has 0 heterocycles. The number of hydrogen-bond acceptors (Lipinski definition) is 9. The molecule has 0 bridgehead atoms. The zero-order valence-corrected chi connectivity index (χ0v) is 23.0. The van der Waals surface area contributed by atoms with Crippen molar-refractivity contribution in [2.24, 2.45) is 17.6 Å². The number of aliphatic hydroxyl groups excluding tert-OH is 2. The summed E-state index contributed by atoms with van der Waals surface area (Å²) in [6, 6.07) is 8.56. The molecule has 210 valence electrons. The number of anilines is 1. The molecule has 10 heteroatoms. The number of likely N-dealkylation sites (N-methyl/N-ethyl adjacent to an activating group) is 1. The first-order valence-electron chi connectivity index (χ1n) is 13.0. The Balaban J connectivity index is 1.72. The van der Waals surface area contributed by atoms with Crippen LogP contribution in [0.5, 0.6) is 5.75 Å². The number of carbonyl (C=O) groups excluding carboxylic acids is 3. The minimum atomic E-state index is -2.66. The van der Waals surface area contributed by atoms with Gasteiger partial charge in [-0.2, -0.15) is 0 Å². The van der Waals surface area contributed by atoms with E-state index in [4.69, 9.17) is 5.73 Å². The van der Waals surface area contributed by atoms with Gasteiger partial charge >= 0.3 is 0 Å². The largest absolute Gasteiger partial charge is 0.510 e. The van der Waals surface area contributed by atoms with Crippen LogP contribution in [0.1, 0.15) is 27.9 Å². The Morgan fingerprint density at radius 1 is 1.05 bits per heavy atom. The van der Waals surface area contributed by atoms with Crippen molar-refractivity contribution in [3.63, 3.8) is 0 Å². The van der Waals surface area contributed by atoms with Gasteiger partial charge in [-0.15, -0.1) is 0 Å². The number of aryl methyl sites for hydroxylation is 1. The van der Waals surface area contributed by atoms with E-state index in [2.05, 4.69) is 0 Å². The van der Waals surface area contributed by atoms with E-state index < -0.39 is 58.0 Å². The Hall–Kier alpha value is -4.15. The highest BCUT2D eigenvalue weighted by molar-refractivity contribution is 6.25. The molecule has 2 aromatic rings. The number of rotatable bonds is 4. The Morgan fingerprint density at radius 3 is 2.23 bits per heavy atom. The van der Waals surface area contributed by atoms with Gasteiger partial charge in [0, 0.05) is 31.3 Å². The number of benzene rings is 2. The molecule has 5 rings (SSSR count). The number of ketones is 2. The van der Waals surface area contributed by atoms with E-state index in [0.29, 0.717) is 11.1 Å². The van der Waals surface area contributed by atoms with Crippen molar-refractivity contribution in [3.05, 3.63) is 69.7 Å². The maximum Gasteiger partial charge on any atom is 0.255 e. The predicted octanol–water partition coefficient (Wildman–Crippen LogP) is 2.16. The van der Waals surface area contributed by atoms with Crippen LogP contribution in [0.4, 0.5) is 5.69 Å². The summed E-state index contributed by atoms with van der Waals surface area (Å²) in [5.74, 6) is -6.60. The van der Waals surface area contributed by atoms with Crippen LogP contribution in [0.25, 0.3) is 11.1 Å². The topological polar surface area (TPSA) is 165 Å². The van der Waals surface area contributed by atoms with Gasteiger partial charge in [0.15, 0.2) is 11.4 Å². The van der Waals surface area contributed by atoms with Crippen molar-refractivity contribution in [2.75, 3.05) is 33.1 Å². The molecule has 3 aliphatic carbocycles. The van der Waals surface area contributed by atoms with E-state index in [9.17, 15) is 34.8 Å². The molecule has 1 amide bonds. The van der Waals surface area contributed by atoms with E-state index in [1.54, 1.807) is 21.0 Å². The van der Waals surface area contributed by atoms with Gasteiger partial charge < -0.3 is 31.1 Å². The molecule has 10 nitrogen and oxygen atoms in total. The molecule has 4 unspecified atom stereocenters. The van der Waals surface area contributed by atoms with E-state index in [0.717, 1.165) is 16.8 Å². The van der Waals surface area contributed by atoms with Gasteiger partial charge in [-0.05, 0) is 80.2 Å². The molecule has 3 aliphatic rings. The zero-order chi connectivity index (χ0) is 29.4. The minimum absolute atomic E-state index is 0.00691. The maximum absolute atomic E-state index is 14.0. The van der Waals surface area contributed by atoms with Gasteiger partial charge in [0.05, 0.1) is 11.6 Å². The quantitative estimate of drug-likeness (QED) is 0.361. The summed E-state index contributed by atoms with van der Waals surface area (Å²) in [7, 11) is 7.07. The number of amides is 1. The predicted molar refractivity (Wildman–Crippen MR) is 148 cm³/mol. The number of nitrogens with zero attached hydrogens (tertiary/aromatic N) is 2. The van der Waals surface area contributed by atoms with E-state index in [1.807, 2.05) is 49.3 Å². The Labute approximate surface area is 231 Å². The minimum Gasteiger partial charge on any atom is -0.510 e. The third-order valence-electron chi connectivity index (χ3n) is 8.61. The van der Waals surface area contributed by atoms with E-state index in [-0.39, 0.29) is 29.7 Å². The average molecular weight is 548 g/mol. The Kier molecular flexibility index (Phi) is 6.31. The van der Waals surface area contributed by atoms with Crippen LogP contribution in [0, 0.1) is 18.8 Å². The second kappa shape index (κ2) is 9.21. The highest BCUT2D eigenvalue weighted by Crippen LogP contribution is 2.53. The van der Waals surface area contributed by atoms with Crippen LogP contribution in [-0.4, -0.2) is 82.6 Å². The number of carbonyl (C=O) groups is 3. The number of phenolic OH excluding ortho intramolecular Hbond substituents is 1. The molecule has 0 aromatic heterocycles. The summed E-state index contributed by atoms with van der Waals surface area (Å²) in [6.07, 6.45) is 0.270. The SMILES string of the molecule is Cc1cc(-c2ccc(N(C)C)cc2)c2c(c1O)C(=O)C1=C(O)C3(O)C(=O)C(C(N)=O)=C(O)C(N(C)C)C3CC1C2. The molecular formula is C30H33N3O7. The second-order valence-electron chi connectivity index (χ2n) is 11.3. The lowest BCUT2D eigenvalue weighted by molar-refractivity contribution is -0.148. The average Bonchev–Trinajstić information content (AvgIpc) is 2.88. The summed E-state index contributed by atoms with van der Waals surface area (Å²) in [5.41, 5.74) is 5.38. The van der Waals surface area contributed by atoms with Gasteiger partial charge in [0.1, 0.15) is 22.8 Å². The standard InChI is InChI=1S/C30H33N3O7/c1-13-10-17(14-6-8-16(9-7-14)32(2)3)18-11-15-12-19-23(33(4)5)26(36)22(29(31)39)28(38)30(19,40)27(37)20(15)25(35)21(18)24(13)34/h6-10,15,19,23,34,36-37,40H,11-12H2,1-5H3,(H2,31,39). The number of nitrogens with two attached hydrogens (primary N) is 1. The van der Waals surface area contributed by atoms with Crippen LogP contribution in [0.2, 0.25) is 0 Å². The van der Waals surface area contributed by atoms with E-state index in [1.165, 1.54) is 4.90 Å². The van der Waals surface area contributed by atoms with Crippen LogP contribution >= 0.6 is 0 Å². The molecule has 2 aromatic carbocycles. The molecule has 4 atom stereocenters. The smallest absolute Gasteiger partial charge is 0.255 e. The fourth-order valence-corrected chi connectivity index (χ4v) is 6.65. The molecule has 40 heavy (non-hydrogen) atoms. The summed E-state index contributed by atoms with van der Waals surface area (Å²) in [5, 5.41) is 45.2. The van der Waals surface area contributed by atoms with E-state index >= 15 is 0 Å². The number of aliphatic hydroxyl groups is 3. The van der Waals surface area contributed by atoms with Crippen molar-refractivity contribution >= 4 is 23.2 Å². The lowest BCUT2D eigenvalue weighted by Crippen LogP contribution is -2.63. The molecule has 6 N–H and O–H groups in total. The summed E-state index contributed by atoms with van der Waals surface area (Å²) >= 11 is 0. The van der Waals surface area contributed by atoms with Crippen LogP contribution in [0.15, 0.2) is 53.0 Å². The number of primary amides is 1. The van der Waals surface area contributed by atoms with Crippen molar-refractivity contribution in [2.45, 2.75) is 31.4 Å². The molecule has 0 saturated carbocycles. The monoisotopic (exact) mass is 547 g/mol. The lowest BCUT2D eigenvalue weighted by Gasteiger charge is -2.50. The number of fused-ring (bicyclic) bond motifs is 3. The van der Waals surface area contributed by atoms with Crippen LogP contribution in [0.3, 0.4) is 0 Å².